The number of halogens is 2. The van der Waals surface area contributed by atoms with Gasteiger partial charge in [-0.3, -0.25) is 4.79 Å². The normalized spacial score (nSPS) is 17.8. The molecular weight excluding hydrogens is 428 g/mol. The lowest BCUT2D eigenvalue weighted by Crippen LogP contribution is -2.34. The second-order valence-electron chi connectivity index (χ2n) is 8.51. The summed E-state index contributed by atoms with van der Waals surface area (Å²) >= 11 is 0. The lowest BCUT2D eigenvalue weighted by Gasteiger charge is -2.23. The first-order chi connectivity index (χ1) is 15.6. The van der Waals surface area contributed by atoms with E-state index in [0.717, 1.165) is 48.7 Å². The number of benzene rings is 1. The third kappa shape index (κ3) is 6.68. The number of nitrogens with two attached hydrogens (primary N) is 1. The molecule has 33 heavy (non-hydrogen) atoms. The summed E-state index contributed by atoms with van der Waals surface area (Å²) in [5.74, 6) is -1.79. The summed E-state index contributed by atoms with van der Waals surface area (Å²) < 4.78 is 25.8. The number of carbonyl (C=O) groups is 1. The van der Waals surface area contributed by atoms with Crippen molar-refractivity contribution in [1.29, 1.82) is 0 Å². The van der Waals surface area contributed by atoms with Crippen LogP contribution in [0.2, 0.25) is 0 Å². The third-order valence-corrected chi connectivity index (χ3v) is 5.76. The van der Waals surface area contributed by atoms with Crippen molar-refractivity contribution >= 4 is 11.7 Å². The van der Waals surface area contributed by atoms with Gasteiger partial charge in [0.2, 0.25) is 5.91 Å². The van der Waals surface area contributed by atoms with E-state index < -0.39 is 29.6 Å². The van der Waals surface area contributed by atoms with E-state index in [1.54, 1.807) is 6.33 Å². The Bertz CT molecular complexity index is 937. The first-order valence-corrected chi connectivity index (χ1v) is 11.4. The molecule has 7 nitrogen and oxygen atoms in total. The van der Waals surface area contributed by atoms with Crippen molar-refractivity contribution < 1.29 is 18.7 Å². The predicted molar refractivity (Wildman–Crippen MR) is 125 cm³/mol. The van der Waals surface area contributed by atoms with Crippen molar-refractivity contribution in [2.75, 3.05) is 24.5 Å². The lowest BCUT2D eigenvalue weighted by molar-refractivity contribution is -0.119. The zero-order valence-electron chi connectivity index (χ0n) is 20.0. The fraction of sp³-hybridized carbons (Fsp3) is 0.542. The zero-order valence-corrected chi connectivity index (χ0v) is 20.0. The number of nitrogens with one attached hydrogen (secondary N) is 1. The fourth-order valence-electron chi connectivity index (χ4n) is 3.94. The van der Waals surface area contributed by atoms with E-state index in [9.17, 15) is 18.7 Å². The molecule has 1 heterocycles. The molecule has 3 rings (SSSR count). The van der Waals surface area contributed by atoms with Crippen LogP contribution >= 0.6 is 0 Å². The fourth-order valence-corrected chi connectivity index (χ4v) is 3.94. The van der Waals surface area contributed by atoms with Gasteiger partial charge in [0.1, 0.15) is 12.1 Å². The Morgan fingerprint density at radius 1 is 1.24 bits per heavy atom. The van der Waals surface area contributed by atoms with Crippen molar-refractivity contribution in [3.8, 4) is 0 Å². The first kappa shape index (κ1) is 26.6. The van der Waals surface area contributed by atoms with Crippen LogP contribution < -0.4 is 16.0 Å². The summed E-state index contributed by atoms with van der Waals surface area (Å²) in [4.78, 5) is 22.1. The molecule has 0 spiro atoms. The lowest BCUT2D eigenvalue weighted by atomic mass is 9.98. The van der Waals surface area contributed by atoms with E-state index in [4.69, 9.17) is 5.73 Å². The molecule has 3 atom stereocenters. The van der Waals surface area contributed by atoms with Crippen LogP contribution in [0.1, 0.15) is 75.8 Å². The molecule has 2 aromatic rings. The van der Waals surface area contributed by atoms with Gasteiger partial charge >= 0.3 is 0 Å². The number of hydrogen-bond acceptors (Lipinski definition) is 6. The summed E-state index contributed by atoms with van der Waals surface area (Å²) in [5.41, 5.74) is 7.59. The molecule has 1 aliphatic rings. The van der Waals surface area contributed by atoms with Crippen LogP contribution in [-0.4, -0.2) is 46.7 Å². The zero-order chi connectivity index (χ0) is 24.7. The van der Waals surface area contributed by atoms with Crippen LogP contribution in [0.3, 0.4) is 0 Å². The molecule has 9 heteroatoms. The van der Waals surface area contributed by atoms with Gasteiger partial charge in [-0.1, -0.05) is 26.8 Å². The van der Waals surface area contributed by atoms with Crippen LogP contribution in [0.4, 0.5) is 14.6 Å². The average Bonchev–Trinajstić information content (AvgIpc) is 3.06. The molecule has 182 valence electrons. The second-order valence-corrected chi connectivity index (χ2v) is 8.51. The average molecular weight is 464 g/mol. The van der Waals surface area contributed by atoms with Gasteiger partial charge in [0.15, 0.2) is 11.6 Å². The number of nitrogens with zero attached hydrogens (tertiary/aromatic N) is 3. The molecule has 0 bridgehead atoms. The predicted octanol–water partition coefficient (Wildman–Crippen LogP) is 3.40. The first-order valence-electron chi connectivity index (χ1n) is 11.4. The summed E-state index contributed by atoms with van der Waals surface area (Å²) in [6.07, 6.45) is 1.91. The van der Waals surface area contributed by atoms with E-state index in [-0.39, 0.29) is 6.04 Å². The second kappa shape index (κ2) is 12.0. The van der Waals surface area contributed by atoms with Crippen LogP contribution in [0.25, 0.3) is 0 Å². The van der Waals surface area contributed by atoms with Gasteiger partial charge in [-0.15, -0.1) is 0 Å². The summed E-state index contributed by atoms with van der Waals surface area (Å²) in [6.45, 7) is 12.4. The van der Waals surface area contributed by atoms with E-state index in [2.05, 4.69) is 41.0 Å². The number of fused-ring (bicyclic) bond motifs is 1. The molecule has 1 aromatic heterocycles. The van der Waals surface area contributed by atoms with E-state index in [1.807, 2.05) is 13.8 Å². The highest BCUT2D eigenvalue weighted by atomic mass is 19.2. The van der Waals surface area contributed by atoms with Gasteiger partial charge in [-0.25, -0.2) is 18.7 Å². The van der Waals surface area contributed by atoms with Crippen LogP contribution in [-0.2, 0) is 4.79 Å². The summed E-state index contributed by atoms with van der Waals surface area (Å²) in [6, 6.07) is 3.56. The van der Waals surface area contributed by atoms with Gasteiger partial charge in [0.25, 0.3) is 0 Å². The number of aromatic nitrogens is 2. The number of rotatable bonds is 8. The monoisotopic (exact) mass is 463 g/mol. The Balaban J connectivity index is 0.000000234. The minimum atomic E-state index is -0.974. The Morgan fingerprint density at radius 2 is 1.91 bits per heavy atom. The summed E-state index contributed by atoms with van der Waals surface area (Å²) in [5, 5.41) is 12.9. The van der Waals surface area contributed by atoms with Crippen molar-refractivity contribution in [1.82, 2.24) is 15.3 Å². The molecule has 1 unspecified atom stereocenters. The molecule has 0 aliphatic heterocycles. The van der Waals surface area contributed by atoms with Crippen LogP contribution in [0.5, 0.6) is 0 Å². The highest BCUT2D eigenvalue weighted by molar-refractivity contribution is 5.82. The number of amides is 1. The van der Waals surface area contributed by atoms with E-state index in [0.29, 0.717) is 18.0 Å². The van der Waals surface area contributed by atoms with Gasteiger partial charge in [-0.05, 0) is 43.9 Å². The smallest absolute Gasteiger partial charge is 0.226 e. The SMILES string of the molecule is CC(C)NCC(C(N)=O)c1ccc(F)c(F)c1.CCN(CC)c1ncnc2c1[C@H](C)C[C@H]2O. The van der Waals surface area contributed by atoms with Crippen molar-refractivity contribution in [2.24, 2.45) is 5.73 Å². The minimum absolute atomic E-state index is 0.183. The number of aliphatic hydroxyl groups is 1. The van der Waals surface area contributed by atoms with E-state index in [1.165, 1.54) is 6.07 Å². The molecule has 1 aliphatic carbocycles. The van der Waals surface area contributed by atoms with Crippen LogP contribution in [0.15, 0.2) is 24.5 Å². The van der Waals surface area contributed by atoms with Crippen molar-refractivity contribution in [2.45, 2.75) is 65.0 Å². The highest BCUT2D eigenvalue weighted by Crippen LogP contribution is 2.42. The largest absolute Gasteiger partial charge is 0.387 e. The molecule has 1 aromatic carbocycles. The molecule has 4 N–H and O–H groups in total. The van der Waals surface area contributed by atoms with Gasteiger partial charge in [0, 0.05) is 31.2 Å². The van der Waals surface area contributed by atoms with Gasteiger partial charge < -0.3 is 21.1 Å². The van der Waals surface area contributed by atoms with Crippen LogP contribution in [0, 0.1) is 11.6 Å². The number of carbonyl (C=O) groups excluding carboxylic acids is 1. The maximum absolute atomic E-state index is 13.1. The third-order valence-electron chi connectivity index (χ3n) is 5.76. The number of primary amides is 1. The van der Waals surface area contributed by atoms with Gasteiger partial charge in [0.05, 0.1) is 17.7 Å². The molecule has 1 amide bonds. The highest BCUT2D eigenvalue weighted by Gasteiger charge is 2.32. The standard InChI is InChI=1S/C12H16F2N2O.C12H19N3O/c1-7(2)16-6-9(12(15)17)8-3-4-10(13)11(14)5-8;1-4-15(5-2)12-10-8(3)6-9(16)11(10)13-7-14-12/h3-5,7,9,16H,6H2,1-2H3,(H2,15,17);7-9,16H,4-6H2,1-3H3/t;8-,9-/m.1/s1. The van der Waals surface area contributed by atoms with Gasteiger partial charge in [-0.2, -0.15) is 0 Å². The number of hydrogen-bond donors (Lipinski definition) is 3. The molecule has 0 saturated heterocycles. The quantitative estimate of drug-likeness (QED) is 0.554. The maximum atomic E-state index is 13.1. The molecule has 0 radical (unpaired) electrons. The van der Waals surface area contributed by atoms with E-state index >= 15 is 0 Å². The van der Waals surface area contributed by atoms with Crippen molar-refractivity contribution in [3.63, 3.8) is 0 Å². The van der Waals surface area contributed by atoms with Crippen molar-refractivity contribution in [3.05, 3.63) is 53.0 Å². The Labute approximate surface area is 194 Å². The minimum Gasteiger partial charge on any atom is -0.387 e. The Hall–Kier alpha value is -2.65. The number of aliphatic hydroxyl groups excluding tert-OH is 1. The summed E-state index contributed by atoms with van der Waals surface area (Å²) in [7, 11) is 0. The molecule has 0 fully saturated rings. The number of anilines is 1. The molecule has 0 saturated carbocycles. The molecular formula is C24H35F2N5O2. The maximum Gasteiger partial charge on any atom is 0.226 e. The Morgan fingerprint density at radius 3 is 2.45 bits per heavy atom. The Kier molecular flexibility index (Phi) is 9.67. The topological polar surface area (TPSA) is 104 Å².